The third-order valence-electron chi connectivity index (χ3n) is 3.16. The highest BCUT2D eigenvalue weighted by molar-refractivity contribution is 7.71. The maximum atomic E-state index is 5.57. The molecule has 3 heterocycles. The zero-order chi connectivity index (χ0) is 14.1. The predicted octanol–water partition coefficient (Wildman–Crippen LogP) is 1.92. The number of hydrogen-bond acceptors (Lipinski definition) is 3. The summed E-state index contributed by atoms with van der Waals surface area (Å²) in [5, 5.41) is 8.65. The second kappa shape index (κ2) is 5.12. The summed E-state index contributed by atoms with van der Waals surface area (Å²) in [4.78, 5) is 0. The van der Waals surface area contributed by atoms with Gasteiger partial charge >= 0.3 is 0 Å². The lowest BCUT2D eigenvalue weighted by Crippen LogP contribution is -2.42. The lowest BCUT2D eigenvalue weighted by atomic mass is 9.94. The third-order valence-corrected chi connectivity index (χ3v) is 3.58. The van der Waals surface area contributed by atoms with E-state index in [1.165, 1.54) is 0 Å². The van der Waals surface area contributed by atoms with Crippen molar-refractivity contribution in [1.29, 1.82) is 0 Å². The van der Waals surface area contributed by atoms with Crippen LogP contribution in [-0.2, 0) is 0 Å². The second-order valence-electron chi connectivity index (χ2n) is 4.81. The normalized spacial score (nSPS) is 11.6. The van der Waals surface area contributed by atoms with Crippen LogP contribution in [0.1, 0.15) is 19.9 Å². The summed E-state index contributed by atoms with van der Waals surface area (Å²) in [6.45, 7) is 4.22. The minimum absolute atomic E-state index is 0.229. The maximum absolute atomic E-state index is 5.57. The molecule has 3 aromatic heterocycles. The fraction of sp³-hybridized carbons (Fsp3) is 0.250. The standard InChI is InChI=1S/C12H15BN6S/c1-11(2)16-9-10-17(12(16)20)13(18-7-3-5-14-18)19-8-4-6-15-19/h3-11H,1-2H3/q-1. The van der Waals surface area contributed by atoms with Crippen molar-refractivity contribution in [3.05, 3.63) is 54.1 Å². The maximum Gasteiger partial charge on any atom is 0.244 e. The molecule has 20 heavy (non-hydrogen) atoms. The monoisotopic (exact) mass is 286 g/mol. The van der Waals surface area contributed by atoms with Crippen molar-refractivity contribution in [2.24, 2.45) is 0 Å². The first-order valence-corrected chi connectivity index (χ1v) is 6.86. The van der Waals surface area contributed by atoms with E-state index in [4.69, 9.17) is 12.2 Å². The fourth-order valence-corrected chi connectivity index (χ4v) is 2.61. The van der Waals surface area contributed by atoms with Crippen molar-refractivity contribution >= 4 is 19.3 Å². The minimum atomic E-state index is -0.229. The van der Waals surface area contributed by atoms with E-state index in [1.807, 2.05) is 50.6 Å². The largest absolute Gasteiger partial charge is 0.481 e. The van der Waals surface area contributed by atoms with Gasteiger partial charge in [0.25, 0.3) is 0 Å². The molecular weight excluding hydrogens is 271 g/mol. The van der Waals surface area contributed by atoms with Gasteiger partial charge in [0.05, 0.1) is 0 Å². The average Bonchev–Trinajstić information content (AvgIpc) is 3.14. The van der Waals surface area contributed by atoms with E-state index in [0.29, 0.717) is 6.04 Å². The van der Waals surface area contributed by atoms with E-state index in [-0.39, 0.29) is 7.12 Å². The van der Waals surface area contributed by atoms with Crippen LogP contribution in [0.25, 0.3) is 0 Å². The summed E-state index contributed by atoms with van der Waals surface area (Å²) < 4.78 is 8.43. The van der Waals surface area contributed by atoms with Crippen LogP contribution in [0.3, 0.4) is 0 Å². The van der Waals surface area contributed by atoms with Gasteiger partial charge in [-0.2, -0.15) is 0 Å². The summed E-state index contributed by atoms with van der Waals surface area (Å²) in [6, 6.07) is 4.10. The van der Waals surface area contributed by atoms with Crippen LogP contribution in [0, 0.1) is 4.77 Å². The number of nitrogens with zero attached hydrogens (tertiary/aromatic N) is 6. The molecule has 0 saturated carbocycles. The topological polar surface area (TPSA) is 45.5 Å². The fourth-order valence-electron chi connectivity index (χ4n) is 2.18. The molecule has 0 saturated heterocycles. The second-order valence-corrected chi connectivity index (χ2v) is 5.17. The van der Waals surface area contributed by atoms with Crippen LogP contribution in [0.2, 0.25) is 0 Å². The Bertz CT molecular complexity index is 690. The van der Waals surface area contributed by atoms with E-state index < -0.39 is 0 Å². The number of rotatable bonds is 4. The lowest BCUT2D eigenvalue weighted by Gasteiger charge is -2.30. The van der Waals surface area contributed by atoms with Crippen LogP contribution >= 0.6 is 12.2 Å². The molecule has 0 fully saturated rings. The molecule has 0 unspecified atom stereocenters. The van der Waals surface area contributed by atoms with Gasteiger partial charge < -0.3 is 18.2 Å². The number of imidazole rings is 1. The van der Waals surface area contributed by atoms with Gasteiger partial charge in [0.1, 0.15) is 4.77 Å². The zero-order valence-corrected chi connectivity index (χ0v) is 12.2. The molecule has 3 aromatic rings. The van der Waals surface area contributed by atoms with E-state index in [2.05, 4.69) is 28.6 Å². The van der Waals surface area contributed by atoms with Gasteiger partial charge in [-0.05, 0) is 56.8 Å². The SMILES string of the molecule is CC(C)n1ccn([B-](n2cccn2)n2cccn2)c1=S. The minimum Gasteiger partial charge on any atom is -0.481 e. The molecule has 1 radical (unpaired) electrons. The van der Waals surface area contributed by atoms with Gasteiger partial charge in [0.2, 0.25) is 7.12 Å². The van der Waals surface area contributed by atoms with Gasteiger partial charge in [-0.25, -0.2) is 10.2 Å². The Morgan fingerprint density at radius 3 is 2.00 bits per heavy atom. The Labute approximate surface area is 122 Å². The van der Waals surface area contributed by atoms with E-state index in [9.17, 15) is 0 Å². The Kier molecular flexibility index (Phi) is 3.31. The summed E-state index contributed by atoms with van der Waals surface area (Å²) >= 11 is 5.57. The van der Waals surface area contributed by atoms with Crippen molar-refractivity contribution in [3.8, 4) is 0 Å². The molecule has 3 rings (SSSR count). The molecule has 0 amide bonds. The first-order valence-electron chi connectivity index (χ1n) is 6.45. The first kappa shape index (κ1) is 12.9. The third kappa shape index (κ3) is 2.11. The van der Waals surface area contributed by atoms with E-state index in [0.717, 1.165) is 4.77 Å². The quantitative estimate of drug-likeness (QED) is 0.544. The molecule has 0 N–H and O–H groups in total. The average molecular weight is 286 g/mol. The number of hydrogen-bond donors (Lipinski definition) is 0. The van der Waals surface area contributed by atoms with Crippen molar-refractivity contribution in [2.45, 2.75) is 19.9 Å². The van der Waals surface area contributed by atoms with E-state index in [1.54, 1.807) is 12.4 Å². The molecule has 8 heteroatoms. The van der Waals surface area contributed by atoms with Gasteiger partial charge in [0, 0.05) is 24.6 Å². The summed E-state index contributed by atoms with van der Waals surface area (Å²) in [5.74, 6) is 0. The van der Waals surface area contributed by atoms with E-state index >= 15 is 0 Å². The van der Waals surface area contributed by atoms with Gasteiger partial charge in [-0.1, -0.05) is 0 Å². The lowest BCUT2D eigenvalue weighted by molar-refractivity contribution is 0.588. The summed E-state index contributed by atoms with van der Waals surface area (Å²) in [6.07, 6.45) is 11.3. The van der Waals surface area contributed by atoms with Crippen LogP contribution in [0.4, 0.5) is 0 Å². The highest BCUT2D eigenvalue weighted by Crippen LogP contribution is 2.09. The molecule has 6 nitrogen and oxygen atoms in total. The molecule has 0 aromatic carbocycles. The Hall–Kier alpha value is -2.09. The van der Waals surface area contributed by atoms with Crippen molar-refractivity contribution in [1.82, 2.24) is 28.4 Å². The van der Waals surface area contributed by atoms with Crippen molar-refractivity contribution in [3.63, 3.8) is 0 Å². The smallest absolute Gasteiger partial charge is 0.244 e. The Balaban J connectivity index is 2.14. The van der Waals surface area contributed by atoms with Crippen LogP contribution in [-0.4, -0.2) is 35.5 Å². The first-order chi connectivity index (χ1) is 9.68. The molecule has 0 atom stereocenters. The van der Waals surface area contributed by atoms with Crippen LogP contribution in [0.5, 0.6) is 0 Å². The van der Waals surface area contributed by atoms with Crippen LogP contribution in [0.15, 0.2) is 49.3 Å². The zero-order valence-electron chi connectivity index (χ0n) is 11.4. The molecule has 0 aliphatic carbocycles. The van der Waals surface area contributed by atoms with Crippen LogP contribution < -0.4 is 0 Å². The highest BCUT2D eigenvalue weighted by atomic mass is 32.1. The molecular formula is C12H15BN6S-. The molecule has 0 aliphatic rings. The van der Waals surface area contributed by atoms with Crippen molar-refractivity contribution < 1.29 is 0 Å². The molecule has 0 aliphatic heterocycles. The van der Waals surface area contributed by atoms with Gasteiger partial charge in [-0.15, -0.1) is 0 Å². The molecule has 103 valence electrons. The molecule has 0 bridgehead atoms. The summed E-state index contributed by atoms with van der Waals surface area (Å²) in [7, 11) is -0.229. The molecule has 0 spiro atoms. The highest BCUT2D eigenvalue weighted by Gasteiger charge is 2.11. The van der Waals surface area contributed by atoms with Gasteiger partial charge in [-0.3, -0.25) is 0 Å². The Morgan fingerprint density at radius 2 is 1.60 bits per heavy atom. The number of aromatic nitrogens is 6. The Morgan fingerprint density at radius 1 is 1.00 bits per heavy atom. The van der Waals surface area contributed by atoms with Gasteiger partial charge in [0.15, 0.2) is 0 Å². The van der Waals surface area contributed by atoms with Crippen molar-refractivity contribution in [2.75, 3.05) is 0 Å². The summed E-state index contributed by atoms with van der Waals surface area (Å²) in [5.41, 5.74) is 0. The predicted molar refractivity (Wildman–Crippen MR) is 80.0 cm³/mol.